The molecule has 2 nitrogen and oxygen atoms in total. The Labute approximate surface area is 99.4 Å². The van der Waals surface area contributed by atoms with Crippen molar-refractivity contribution < 1.29 is 61.2 Å². The maximum Gasteiger partial charge on any atom is 1.00 e. The Balaban J connectivity index is 0. The summed E-state index contributed by atoms with van der Waals surface area (Å²) in [5, 5.41) is 9.85. The van der Waals surface area contributed by atoms with E-state index in [-0.39, 0.29) is 63.6 Å². The number of hydrogen-bond donors (Lipinski definition) is 0. The average Bonchev–Trinajstić information content (AvgIpc) is 1.59. The molecule has 0 radical (unpaired) electrons. The number of rotatable bonds is 2. The van der Waals surface area contributed by atoms with E-state index in [1.807, 2.05) is 20.8 Å². The Morgan fingerprint density at radius 3 is 1.89 bits per heavy atom. The van der Waals surface area contributed by atoms with E-state index in [2.05, 4.69) is 0 Å². The topological polar surface area (TPSA) is 32.3 Å². The largest absolute Gasteiger partial charge is 1.00 e. The number of ether oxygens (including phenoxy) is 1. The maximum atomic E-state index is 9.85. The van der Waals surface area contributed by atoms with Crippen molar-refractivity contribution in [1.82, 2.24) is 0 Å². The monoisotopic (exact) mass is 156 g/mol. The Kier molecular flexibility index (Phi) is 9.19. The summed E-state index contributed by atoms with van der Waals surface area (Å²) >= 11 is 0. The SMILES string of the molecule is CC(C)(C)OCC[O-].[K+]. The van der Waals surface area contributed by atoms with E-state index in [0.29, 0.717) is 6.61 Å². The van der Waals surface area contributed by atoms with Crippen molar-refractivity contribution in [3.05, 3.63) is 0 Å². The first kappa shape index (κ1) is 13.2. The molecule has 0 spiro atoms. The molecule has 0 aliphatic carbocycles. The van der Waals surface area contributed by atoms with Crippen LogP contribution in [0.4, 0.5) is 0 Å². The van der Waals surface area contributed by atoms with Gasteiger partial charge in [0.1, 0.15) is 0 Å². The second-order valence-electron chi connectivity index (χ2n) is 2.66. The van der Waals surface area contributed by atoms with E-state index in [9.17, 15) is 5.11 Å². The molecule has 0 aliphatic rings. The van der Waals surface area contributed by atoms with Crippen LogP contribution in [0, 0.1) is 0 Å². The van der Waals surface area contributed by atoms with Gasteiger partial charge in [-0.2, -0.15) is 0 Å². The summed E-state index contributed by atoms with van der Waals surface area (Å²) < 4.78 is 5.07. The molecule has 0 rings (SSSR count). The van der Waals surface area contributed by atoms with Crippen LogP contribution in [0.2, 0.25) is 0 Å². The molecule has 0 aromatic rings. The van der Waals surface area contributed by atoms with Crippen LogP contribution < -0.4 is 56.5 Å². The fourth-order valence-electron chi connectivity index (χ4n) is 0.348. The molecule has 0 saturated heterocycles. The summed E-state index contributed by atoms with van der Waals surface area (Å²) in [4.78, 5) is 0. The minimum Gasteiger partial charge on any atom is -0.853 e. The van der Waals surface area contributed by atoms with Crippen LogP contribution in [-0.4, -0.2) is 18.8 Å². The van der Waals surface area contributed by atoms with Crippen LogP contribution in [0.1, 0.15) is 20.8 Å². The Morgan fingerprint density at radius 1 is 1.33 bits per heavy atom. The third-order valence-electron chi connectivity index (χ3n) is 0.618. The van der Waals surface area contributed by atoms with Crippen LogP contribution in [0.15, 0.2) is 0 Å². The maximum absolute atomic E-state index is 9.85. The second-order valence-corrected chi connectivity index (χ2v) is 2.66. The number of hydrogen-bond acceptors (Lipinski definition) is 2. The van der Waals surface area contributed by atoms with E-state index in [0.717, 1.165) is 0 Å². The van der Waals surface area contributed by atoms with Gasteiger partial charge in [-0.05, 0) is 20.8 Å². The molecule has 0 atom stereocenters. The molecule has 3 heteroatoms. The molecule has 0 fully saturated rings. The predicted octanol–water partition coefficient (Wildman–Crippen LogP) is -2.83. The molecule has 0 N–H and O–H groups in total. The van der Waals surface area contributed by atoms with Crippen LogP contribution in [0.3, 0.4) is 0 Å². The minimum atomic E-state index is -0.148. The molecule has 0 heterocycles. The van der Waals surface area contributed by atoms with Crippen molar-refractivity contribution >= 4 is 0 Å². The molecule has 0 unspecified atom stereocenters. The zero-order chi connectivity index (χ0) is 6.62. The Hall–Kier alpha value is 1.56. The first-order valence-corrected chi connectivity index (χ1v) is 2.78. The molecule has 0 aromatic heterocycles. The van der Waals surface area contributed by atoms with Crippen molar-refractivity contribution in [2.24, 2.45) is 0 Å². The molecule has 50 valence electrons. The molecule has 0 aliphatic heterocycles. The van der Waals surface area contributed by atoms with E-state index in [4.69, 9.17) is 4.74 Å². The van der Waals surface area contributed by atoms with E-state index < -0.39 is 0 Å². The van der Waals surface area contributed by atoms with Crippen molar-refractivity contribution in [3.63, 3.8) is 0 Å². The predicted molar refractivity (Wildman–Crippen MR) is 30.6 cm³/mol. The van der Waals surface area contributed by atoms with E-state index >= 15 is 0 Å². The van der Waals surface area contributed by atoms with Gasteiger partial charge >= 0.3 is 51.4 Å². The van der Waals surface area contributed by atoms with Gasteiger partial charge in [-0.1, -0.05) is 0 Å². The van der Waals surface area contributed by atoms with Gasteiger partial charge in [0.25, 0.3) is 0 Å². The van der Waals surface area contributed by atoms with Crippen molar-refractivity contribution in [2.75, 3.05) is 13.2 Å². The van der Waals surface area contributed by atoms with Gasteiger partial charge < -0.3 is 9.84 Å². The summed E-state index contributed by atoms with van der Waals surface area (Å²) in [5.74, 6) is 0. The van der Waals surface area contributed by atoms with Gasteiger partial charge in [0.2, 0.25) is 0 Å². The molecule has 0 amide bonds. The van der Waals surface area contributed by atoms with Crippen LogP contribution in [0.25, 0.3) is 0 Å². The normalized spacial score (nSPS) is 10.7. The Bertz CT molecular complexity index is 58.6. The van der Waals surface area contributed by atoms with Gasteiger partial charge in [-0.3, -0.25) is 0 Å². The van der Waals surface area contributed by atoms with E-state index in [1.165, 1.54) is 0 Å². The average molecular weight is 156 g/mol. The fourth-order valence-corrected chi connectivity index (χ4v) is 0.348. The standard InChI is InChI=1S/C6H13O2.K/c1-6(2,3)8-5-4-7;/h4-5H2,1-3H3;/q-1;+1. The summed E-state index contributed by atoms with van der Waals surface area (Å²) in [6.07, 6.45) is 0. The van der Waals surface area contributed by atoms with Crippen LogP contribution in [0.5, 0.6) is 0 Å². The van der Waals surface area contributed by atoms with Crippen LogP contribution in [-0.2, 0) is 4.74 Å². The van der Waals surface area contributed by atoms with Crippen molar-refractivity contribution in [3.8, 4) is 0 Å². The summed E-state index contributed by atoms with van der Waals surface area (Å²) in [6.45, 7) is 5.98. The van der Waals surface area contributed by atoms with Crippen molar-refractivity contribution in [1.29, 1.82) is 0 Å². The molecule has 0 bridgehead atoms. The summed E-state index contributed by atoms with van der Waals surface area (Å²) in [5.41, 5.74) is -0.148. The van der Waals surface area contributed by atoms with Gasteiger partial charge in [-0.25, -0.2) is 0 Å². The van der Waals surface area contributed by atoms with E-state index in [1.54, 1.807) is 0 Å². The summed E-state index contributed by atoms with van der Waals surface area (Å²) in [6, 6.07) is 0. The smallest absolute Gasteiger partial charge is 0.853 e. The van der Waals surface area contributed by atoms with Gasteiger partial charge in [0.15, 0.2) is 0 Å². The minimum absolute atomic E-state index is 0. The third-order valence-corrected chi connectivity index (χ3v) is 0.618. The second kappa shape index (κ2) is 6.28. The first-order chi connectivity index (χ1) is 3.56. The van der Waals surface area contributed by atoms with Crippen LogP contribution >= 0.6 is 0 Å². The molecule has 9 heavy (non-hydrogen) atoms. The first-order valence-electron chi connectivity index (χ1n) is 2.78. The quantitative estimate of drug-likeness (QED) is 0.404. The van der Waals surface area contributed by atoms with Crippen molar-refractivity contribution in [2.45, 2.75) is 26.4 Å². The molecule has 0 saturated carbocycles. The molecular weight excluding hydrogens is 143 g/mol. The molecular formula is C6H13KO2. The Morgan fingerprint density at radius 2 is 1.78 bits per heavy atom. The van der Waals surface area contributed by atoms with Gasteiger partial charge in [-0.15, -0.1) is 6.61 Å². The van der Waals surface area contributed by atoms with Gasteiger partial charge in [0, 0.05) is 6.61 Å². The zero-order valence-corrected chi connectivity index (χ0v) is 9.85. The third kappa shape index (κ3) is 12.7. The fraction of sp³-hybridized carbons (Fsp3) is 1.00. The molecule has 0 aromatic carbocycles. The summed E-state index contributed by atoms with van der Waals surface area (Å²) in [7, 11) is 0. The zero-order valence-electron chi connectivity index (χ0n) is 6.73. The van der Waals surface area contributed by atoms with Gasteiger partial charge in [0.05, 0.1) is 5.60 Å².